The molecule has 0 bridgehead atoms. The van der Waals surface area contributed by atoms with Gasteiger partial charge in [0.2, 0.25) is 5.95 Å². The Hall–Kier alpha value is -2.58. The number of nitrogen functional groups attached to an aromatic ring is 1. The van der Waals surface area contributed by atoms with E-state index in [1.807, 2.05) is 20.8 Å². The number of aromatic nitrogens is 2. The number of nitrogens with two attached hydrogens (primary N) is 1. The van der Waals surface area contributed by atoms with Crippen LogP contribution in [0.5, 0.6) is 0 Å². The maximum absolute atomic E-state index is 12.0. The van der Waals surface area contributed by atoms with Gasteiger partial charge in [0.05, 0.1) is 6.04 Å². The van der Waals surface area contributed by atoms with Gasteiger partial charge in [-0.05, 0) is 39.5 Å². The molecule has 30 heavy (non-hydrogen) atoms. The summed E-state index contributed by atoms with van der Waals surface area (Å²) < 4.78 is 5.35. The molecule has 1 unspecified atom stereocenters. The minimum atomic E-state index is -0.489. The number of carboxylic acid groups (broad SMARTS) is 1. The Balaban J connectivity index is 0.00000101. The lowest BCUT2D eigenvalue weighted by molar-refractivity contribution is -0.122. The number of carbonyl (C=O) groups excluding carboxylic acids is 1. The molecule has 9 heteroatoms. The lowest BCUT2D eigenvalue weighted by Gasteiger charge is -2.23. The Morgan fingerprint density at radius 2 is 1.97 bits per heavy atom. The van der Waals surface area contributed by atoms with E-state index >= 15 is 0 Å². The summed E-state index contributed by atoms with van der Waals surface area (Å²) in [5, 5.41) is 9.84. The smallest absolute Gasteiger partial charge is 0.407 e. The average molecular weight is 422 g/mol. The Morgan fingerprint density at radius 3 is 2.60 bits per heavy atom. The van der Waals surface area contributed by atoms with Crippen LogP contribution in [-0.4, -0.2) is 52.4 Å². The fourth-order valence-corrected chi connectivity index (χ4v) is 4.02. The zero-order valence-electron chi connectivity index (χ0n) is 18.3. The number of ether oxygens (including phenoxy) is 1. The second kappa shape index (κ2) is 11.0. The quantitative estimate of drug-likeness (QED) is 0.633. The second-order valence-corrected chi connectivity index (χ2v) is 8.97. The molecule has 1 amide bonds. The van der Waals surface area contributed by atoms with Crippen LogP contribution in [0.1, 0.15) is 65.0 Å². The average Bonchev–Trinajstić information content (AvgIpc) is 3.09. The van der Waals surface area contributed by atoms with Crippen molar-refractivity contribution in [1.82, 2.24) is 15.3 Å². The fourth-order valence-electron chi connectivity index (χ4n) is 4.02. The molecule has 2 heterocycles. The standard InChI is InChI=1S/C20H33N5O2.CH2O2/c1-20(2,3)27-19(26)23-15-9-10-25(13-15)17-12-16(22-18(21)24-17)11-14-7-5-4-6-8-14;2-1-3/h12,14-15H,4-11,13H2,1-3H3,(H,23,26)(H2,21,22,24);1H,(H,2,3). The number of amides is 1. The van der Waals surface area contributed by atoms with Crippen molar-refractivity contribution in [3.63, 3.8) is 0 Å². The summed E-state index contributed by atoms with van der Waals surface area (Å²) in [6, 6.07) is 2.12. The highest BCUT2D eigenvalue weighted by molar-refractivity contribution is 5.68. The Morgan fingerprint density at radius 1 is 1.30 bits per heavy atom. The van der Waals surface area contributed by atoms with Crippen LogP contribution < -0.4 is 16.0 Å². The number of alkyl carbamates (subject to hydrolysis) is 1. The predicted molar refractivity (Wildman–Crippen MR) is 115 cm³/mol. The minimum Gasteiger partial charge on any atom is -0.483 e. The van der Waals surface area contributed by atoms with Gasteiger partial charge in [0.25, 0.3) is 6.47 Å². The number of hydrogen-bond acceptors (Lipinski definition) is 7. The predicted octanol–water partition coefficient (Wildman–Crippen LogP) is 2.99. The molecular weight excluding hydrogens is 386 g/mol. The molecule has 168 valence electrons. The molecule has 1 aliphatic heterocycles. The van der Waals surface area contributed by atoms with Gasteiger partial charge in [-0.25, -0.2) is 9.78 Å². The summed E-state index contributed by atoms with van der Waals surface area (Å²) in [6.07, 6.45) is 8.04. The van der Waals surface area contributed by atoms with Crippen LogP contribution in [0, 0.1) is 5.92 Å². The topological polar surface area (TPSA) is 131 Å². The molecule has 1 saturated carbocycles. The van der Waals surface area contributed by atoms with Crippen LogP contribution in [0.3, 0.4) is 0 Å². The van der Waals surface area contributed by atoms with Gasteiger partial charge < -0.3 is 25.8 Å². The fraction of sp³-hybridized carbons (Fsp3) is 0.714. The summed E-state index contributed by atoms with van der Waals surface area (Å²) in [6.45, 7) is 6.89. The van der Waals surface area contributed by atoms with E-state index in [0.717, 1.165) is 30.9 Å². The number of anilines is 2. The maximum atomic E-state index is 12.0. The van der Waals surface area contributed by atoms with Crippen molar-refractivity contribution in [3.8, 4) is 0 Å². The maximum Gasteiger partial charge on any atom is 0.407 e. The van der Waals surface area contributed by atoms with E-state index < -0.39 is 5.60 Å². The van der Waals surface area contributed by atoms with E-state index in [2.05, 4.69) is 26.3 Å². The first-order valence-electron chi connectivity index (χ1n) is 10.7. The molecule has 1 aromatic rings. The zero-order valence-corrected chi connectivity index (χ0v) is 18.3. The number of nitrogens with zero attached hydrogens (tertiary/aromatic N) is 3. The van der Waals surface area contributed by atoms with Crippen LogP contribution in [-0.2, 0) is 16.0 Å². The van der Waals surface area contributed by atoms with E-state index in [1.165, 1.54) is 32.1 Å². The molecule has 1 aromatic heterocycles. The van der Waals surface area contributed by atoms with Crippen molar-refractivity contribution >= 4 is 24.3 Å². The molecule has 0 aromatic carbocycles. The van der Waals surface area contributed by atoms with Crippen molar-refractivity contribution in [2.75, 3.05) is 23.7 Å². The van der Waals surface area contributed by atoms with Crippen molar-refractivity contribution in [3.05, 3.63) is 11.8 Å². The van der Waals surface area contributed by atoms with E-state index in [4.69, 9.17) is 20.4 Å². The highest BCUT2D eigenvalue weighted by atomic mass is 16.6. The van der Waals surface area contributed by atoms with E-state index in [-0.39, 0.29) is 18.6 Å². The Bertz CT molecular complexity index is 701. The molecule has 0 radical (unpaired) electrons. The lowest BCUT2D eigenvalue weighted by Crippen LogP contribution is -2.40. The van der Waals surface area contributed by atoms with Gasteiger partial charge in [-0.2, -0.15) is 4.98 Å². The van der Waals surface area contributed by atoms with Gasteiger partial charge >= 0.3 is 6.09 Å². The Labute approximate surface area is 178 Å². The molecule has 1 saturated heterocycles. The number of hydrogen-bond donors (Lipinski definition) is 3. The molecule has 2 fully saturated rings. The third-order valence-corrected chi connectivity index (χ3v) is 5.24. The lowest BCUT2D eigenvalue weighted by atomic mass is 9.86. The molecular formula is C21H35N5O4. The first-order valence-corrected chi connectivity index (χ1v) is 10.7. The SMILES string of the molecule is CC(C)(C)OC(=O)NC1CCN(c2cc(CC3CCCCC3)nc(N)n2)C1.O=CO. The van der Waals surface area contributed by atoms with Crippen LogP contribution in [0.4, 0.5) is 16.6 Å². The third kappa shape index (κ3) is 8.04. The summed E-state index contributed by atoms with van der Waals surface area (Å²) in [5.41, 5.74) is 6.52. The van der Waals surface area contributed by atoms with Crippen molar-refractivity contribution in [2.24, 2.45) is 5.92 Å². The molecule has 1 aliphatic carbocycles. The number of nitrogens with one attached hydrogen (secondary N) is 1. The van der Waals surface area contributed by atoms with Gasteiger partial charge in [-0.3, -0.25) is 4.79 Å². The van der Waals surface area contributed by atoms with E-state index in [9.17, 15) is 4.79 Å². The number of rotatable bonds is 4. The molecule has 0 spiro atoms. The van der Waals surface area contributed by atoms with Crippen molar-refractivity contribution < 1.29 is 19.4 Å². The molecule has 2 aliphatic rings. The van der Waals surface area contributed by atoms with Gasteiger partial charge in [-0.15, -0.1) is 0 Å². The highest BCUT2D eigenvalue weighted by Crippen LogP contribution is 2.28. The first kappa shape index (κ1) is 23.7. The monoisotopic (exact) mass is 421 g/mol. The summed E-state index contributed by atoms with van der Waals surface area (Å²) in [4.78, 5) is 31.4. The highest BCUT2D eigenvalue weighted by Gasteiger charge is 2.27. The van der Waals surface area contributed by atoms with Gasteiger partial charge in [0.1, 0.15) is 11.4 Å². The zero-order chi connectivity index (χ0) is 22.1. The molecule has 1 atom stereocenters. The molecule has 9 nitrogen and oxygen atoms in total. The second-order valence-electron chi connectivity index (χ2n) is 8.97. The van der Waals surface area contributed by atoms with Gasteiger partial charge in [0.15, 0.2) is 0 Å². The van der Waals surface area contributed by atoms with Crippen LogP contribution in [0.2, 0.25) is 0 Å². The van der Waals surface area contributed by atoms with Crippen molar-refractivity contribution in [1.29, 1.82) is 0 Å². The van der Waals surface area contributed by atoms with Gasteiger partial charge in [-0.1, -0.05) is 32.1 Å². The summed E-state index contributed by atoms with van der Waals surface area (Å²) in [7, 11) is 0. The number of carbonyl (C=O) groups is 2. The van der Waals surface area contributed by atoms with E-state index in [1.54, 1.807) is 0 Å². The first-order chi connectivity index (χ1) is 14.2. The van der Waals surface area contributed by atoms with Crippen LogP contribution in [0.15, 0.2) is 6.07 Å². The van der Waals surface area contributed by atoms with Crippen LogP contribution in [0.25, 0.3) is 0 Å². The van der Waals surface area contributed by atoms with Gasteiger partial charge in [0, 0.05) is 24.8 Å². The molecule has 4 N–H and O–H groups in total. The normalized spacial score (nSPS) is 19.6. The third-order valence-electron chi connectivity index (χ3n) is 5.24. The molecule has 3 rings (SSSR count). The largest absolute Gasteiger partial charge is 0.483 e. The van der Waals surface area contributed by atoms with Crippen LogP contribution >= 0.6 is 0 Å². The summed E-state index contributed by atoms with van der Waals surface area (Å²) >= 11 is 0. The Kier molecular flexibility index (Phi) is 8.68. The minimum absolute atomic E-state index is 0.0536. The van der Waals surface area contributed by atoms with Crippen molar-refractivity contribution in [2.45, 2.75) is 77.4 Å². The van der Waals surface area contributed by atoms with E-state index in [0.29, 0.717) is 18.4 Å². The summed E-state index contributed by atoms with van der Waals surface area (Å²) in [5.74, 6) is 1.91.